The van der Waals surface area contributed by atoms with Gasteiger partial charge in [-0.3, -0.25) is 9.59 Å². The highest BCUT2D eigenvalue weighted by atomic mass is 16.5. The maximum atomic E-state index is 13.5. The number of likely N-dealkylation sites (tertiary alicyclic amines) is 1. The van der Waals surface area contributed by atoms with Crippen molar-refractivity contribution in [2.45, 2.75) is 32.2 Å². The Morgan fingerprint density at radius 3 is 2.15 bits per heavy atom. The molecule has 1 heterocycles. The quantitative estimate of drug-likeness (QED) is 0.215. The van der Waals surface area contributed by atoms with Crippen molar-refractivity contribution in [2.24, 2.45) is 0 Å². The van der Waals surface area contributed by atoms with Crippen LogP contribution >= 0.6 is 0 Å². The predicted octanol–water partition coefficient (Wildman–Crippen LogP) is 5.51. The summed E-state index contributed by atoms with van der Waals surface area (Å²) in [7, 11) is 4.72. The number of rotatable bonds is 9. The van der Waals surface area contributed by atoms with Gasteiger partial charge in [0, 0.05) is 11.1 Å². The molecule has 0 spiro atoms. The van der Waals surface area contributed by atoms with Crippen molar-refractivity contribution in [3.05, 3.63) is 89.0 Å². The van der Waals surface area contributed by atoms with E-state index < -0.39 is 17.7 Å². The maximum Gasteiger partial charge on any atom is 0.295 e. The Kier molecular flexibility index (Phi) is 8.38. The van der Waals surface area contributed by atoms with E-state index in [-0.39, 0.29) is 29.9 Å². The average molecular weight is 546 g/mol. The summed E-state index contributed by atoms with van der Waals surface area (Å²) in [5, 5.41) is 11.6. The van der Waals surface area contributed by atoms with Crippen LogP contribution in [0.3, 0.4) is 0 Å². The number of hydrogen-bond donors (Lipinski definition) is 1. The second-order valence-corrected chi connectivity index (χ2v) is 10.5. The number of aliphatic hydroxyl groups is 1. The molecule has 1 aliphatic heterocycles. The van der Waals surface area contributed by atoms with E-state index in [1.807, 2.05) is 20.8 Å². The number of methoxy groups -OCH3 is 3. The molecular formula is C32H35NO7. The van der Waals surface area contributed by atoms with E-state index in [9.17, 15) is 14.7 Å². The lowest BCUT2D eigenvalue weighted by Gasteiger charge is -2.26. The van der Waals surface area contributed by atoms with Gasteiger partial charge in [0.2, 0.25) is 0 Å². The minimum atomic E-state index is -0.838. The SMILES string of the molecule is COc1ccc(OCCN2C(=O)C(=O)/C(=C(\O)c3ccc(OC)c(C(C)(C)C)c3)C2c2cccc(OC)c2)cc1. The summed E-state index contributed by atoms with van der Waals surface area (Å²) in [6.07, 6.45) is 0. The number of nitrogens with zero attached hydrogens (tertiary/aromatic N) is 1. The third kappa shape index (κ3) is 5.76. The molecule has 1 atom stereocenters. The van der Waals surface area contributed by atoms with Crippen LogP contribution < -0.4 is 18.9 Å². The summed E-state index contributed by atoms with van der Waals surface area (Å²) in [5.74, 6) is 0.812. The Morgan fingerprint density at radius 2 is 1.52 bits per heavy atom. The van der Waals surface area contributed by atoms with Crippen LogP contribution in [0.1, 0.15) is 43.5 Å². The van der Waals surface area contributed by atoms with E-state index in [1.165, 1.54) is 4.90 Å². The van der Waals surface area contributed by atoms with E-state index in [4.69, 9.17) is 18.9 Å². The Bertz CT molecular complexity index is 1420. The molecule has 1 aliphatic rings. The van der Waals surface area contributed by atoms with E-state index in [0.29, 0.717) is 34.1 Å². The lowest BCUT2D eigenvalue weighted by atomic mass is 9.84. The number of ketones is 1. The zero-order chi connectivity index (χ0) is 29.0. The van der Waals surface area contributed by atoms with Crippen molar-refractivity contribution in [1.29, 1.82) is 0 Å². The van der Waals surface area contributed by atoms with Crippen molar-refractivity contribution in [3.8, 4) is 23.0 Å². The number of ether oxygens (including phenoxy) is 4. The summed E-state index contributed by atoms with van der Waals surface area (Å²) in [4.78, 5) is 28.2. The first-order chi connectivity index (χ1) is 19.1. The Hall–Kier alpha value is -4.46. The highest BCUT2D eigenvalue weighted by Gasteiger charge is 2.46. The Balaban J connectivity index is 1.75. The Labute approximate surface area is 234 Å². The zero-order valence-electron chi connectivity index (χ0n) is 23.7. The van der Waals surface area contributed by atoms with Crippen molar-refractivity contribution < 1.29 is 33.6 Å². The van der Waals surface area contributed by atoms with Gasteiger partial charge in [-0.2, -0.15) is 0 Å². The molecule has 1 unspecified atom stereocenters. The number of carbonyl (C=O) groups excluding carboxylic acids is 2. The van der Waals surface area contributed by atoms with E-state index in [1.54, 1.807) is 88.1 Å². The first kappa shape index (κ1) is 28.5. The molecule has 1 fully saturated rings. The largest absolute Gasteiger partial charge is 0.507 e. The summed E-state index contributed by atoms with van der Waals surface area (Å²) < 4.78 is 22.0. The average Bonchev–Trinajstić information content (AvgIpc) is 3.21. The van der Waals surface area contributed by atoms with Crippen LogP contribution in [0.4, 0.5) is 0 Å². The molecule has 8 nitrogen and oxygen atoms in total. The summed E-state index contributed by atoms with van der Waals surface area (Å²) in [5.41, 5.74) is 1.63. The first-order valence-electron chi connectivity index (χ1n) is 13.0. The fraction of sp³-hybridized carbons (Fsp3) is 0.312. The standard InChI is InChI=1S/C32H35NO7/c1-32(2,3)25-19-21(10-15-26(25)39-6)29(34)27-28(20-8-7-9-24(18-20)38-5)33(31(36)30(27)35)16-17-40-23-13-11-22(37-4)12-14-23/h7-15,18-19,28,34H,16-17H2,1-6H3/b29-27-. The molecule has 1 saturated heterocycles. The molecule has 40 heavy (non-hydrogen) atoms. The van der Waals surface area contributed by atoms with Gasteiger partial charge in [0.25, 0.3) is 11.7 Å². The molecule has 0 radical (unpaired) electrons. The molecule has 3 aromatic carbocycles. The summed E-state index contributed by atoms with van der Waals surface area (Å²) in [6, 6.07) is 18.6. The maximum absolute atomic E-state index is 13.5. The van der Waals surface area contributed by atoms with Crippen molar-refractivity contribution in [1.82, 2.24) is 4.90 Å². The van der Waals surface area contributed by atoms with Gasteiger partial charge >= 0.3 is 0 Å². The smallest absolute Gasteiger partial charge is 0.295 e. The normalized spacial score (nSPS) is 16.6. The van der Waals surface area contributed by atoms with Crippen LogP contribution in [0.5, 0.6) is 23.0 Å². The minimum Gasteiger partial charge on any atom is -0.507 e. The van der Waals surface area contributed by atoms with Gasteiger partial charge < -0.3 is 29.0 Å². The molecule has 0 aromatic heterocycles. The molecular weight excluding hydrogens is 510 g/mol. The van der Waals surface area contributed by atoms with Gasteiger partial charge in [-0.1, -0.05) is 32.9 Å². The number of amides is 1. The lowest BCUT2D eigenvalue weighted by Crippen LogP contribution is -2.33. The summed E-state index contributed by atoms with van der Waals surface area (Å²) in [6.45, 7) is 6.35. The van der Waals surface area contributed by atoms with Crippen LogP contribution in [0.15, 0.2) is 72.3 Å². The van der Waals surface area contributed by atoms with Crippen molar-refractivity contribution >= 4 is 17.4 Å². The van der Waals surface area contributed by atoms with Gasteiger partial charge in [0.1, 0.15) is 35.4 Å². The van der Waals surface area contributed by atoms with E-state index in [2.05, 4.69) is 0 Å². The number of carbonyl (C=O) groups is 2. The molecule has 0 aliphatic carbocycles. The fourth-order valence-electron chi connectivity index (χ4n) is 4.80. The monoisotopic (exact) mass is 545 g/mol. The third-order valence-corrected chi connectivity index (χ3v) is 6.89. The number of Topliss-reactive ketones (excluding diaryl/α,β-unsaturated/α-hetero) is 1. The van der Waals surface area contributed by atoms with Crippen molar-refractivity contribution in [2.75, 3.05) is 34.5 Å². The molecule has 0 saturated carbocycles. The number of aliphatic hydroxyl groups excluding tert-OH is 1. The molecule has 1 N–H and O–H groups in total. The van der Waals surface area contributed by atoms with Gasteiger partial charge in [0.05, 0.1) is 39.5 Å². The van der Waals surface area contributed by atoms with Gasteiger partial charge in [-0.25, -0.2) is 0 Å². The van der Waals surface area contributed by atoms with Gasteiger partial charge in [-0.05, 0) is 65.6 Å². The van der Waals surface area contributed by atoms with Crippen LogP contribution in [0.25, 0.3) is 5.76 Å². The van der Waals surface area contributed by atoms with Crippen molar-refractivity contribution in [3.63, 3.8) is 0 Å². The minimum absolute atomic E-state index is 0.00715. The van der Waals surface area contributed by atoms with Gasteiger partial charge in [0.15, 0.2) is 0 Å². The Morgan fingerprint density at radius 1 is 0.850 bits per heavy atom. The molecule has 1 amide bonds. The highest BCUT2D eigenvalue weighted by Crippen LogP contribution is 2.41. The highest BCUT2D eigenvalue weighted by molar-refractivity contribution is 6.46. The topological polar surface area (TPSA) is 94.5 Å². The second kappa shape index (κ2) is 11.7. The lowest BCUT2D eigenvalue weighted by molar-refractivity contribution is -0.140. The number of benzene rings is 3. The van der Waals surface area contributed by atoms with Crippen LogP contribution in [-0.4, -0.2) is 56.2 Å². The molecule has 210 valence electrons. The molecule has 3 aromatic rings. The molecule has 0 bridgehead atoms. The van der Waals surface area contributed by atoms with E-state index >= 15 is 0 Å². The summed E-state index contributed by atoms with van der Waals surface area (Å²) >= 11 is 0. The van der Waals surface area contributed by atoms with Crippen LogP contribution in [0.2, 0.25) is 0 Å². The zero-order valence-corrected chi connectivity index (χ0v) is 23.7. The fourth-order valence-corrected chi connectivity index (χ4v) is 4.80. The molecule has 4 rings (SSSR count). The predicted molar refractivity (Wildman–Crippen MR) is 152 cm³/mol. The molecule has 8 heteroatoms. The van der Waals surface area contributed by atoms with Gasteiger partial charge in [-0.15, -0.1) is 0 Å². The number of hydrogen-bond acceptors (Lipinski definition) is 7. The van der Waals surface area contributed by atoms with Crippen LogP contribution in [0, 0.1) is 0 Å². The third-order valence-electron chi connectivity index (χ3n) is 6.89. The first-order valence-corrected chi connectivity index (χ1v) is 13.0. The second-order valence-electron chi connectivity index (χ2n) is 10.5. The van der Waals surface area contributed by atoms with E-state index in [0.717, 1.165) is 5.56 Å². The van der Waals surface area contributed by atoms with Crippen LogP contribution in [-0.2, 0) is 15.0 Å².